The maximum atomic E-state index is 12.0. The Morgan fingerprint density at radius 2 is 1.85 bits per heavy atom. The highest BCUT2D eigenvalue weighted by Crippen LogP contribution is 2.22. The first-order valence-electron chi connectivity index (χ1n) is 7.17. The molecule has 3 N–H and O–H groups in total. The Balaban J connectivity index is 1.74. The average Bonchev–Trinajstić information content (AvgIpc) is 2.46. The zero-order valence-electron chi connectivity index (χ0n) is 11.7. The minimum atomic E-state index is -3.19. The molecule has 2 rings (SSSR count). The lowest BCUT2D eigenvalue weighted by Crippen LogP contribution is -2.35. The summed E-state index contributed by atoms with van der Waals surface area (Å²) in [4.78, 5) is 3.92. The monoisotopic (exact) mass is 297 g/mol. The van der Waals surface area contributed by atoms with Gasteiger partial charge in [0, 0.05) is 25.0 Å². The molecule has 0 saturated heterocycles. The molecule has 0 amide bonds. The molecule has 0 aromatic carbocycles. The Morgan fingerprint density at radius 3 is 2.50 bits per heavy atom. The number of nitrogens with zero attached hydrogens (tertiary/aromatic N) is 1. The van der Waals surface area contributed by atoms with Crippen LogP contribution in [-0.2, 0) is 16.4 Å². The maximum Gasteiger partial charge on any atom is 0.211 e. The molecule has 0 radical (unpaired) electrons. The number of nitrogens with one attached hydrogen (secondary N) is 1. The Kier molecular flexibility index (Phi) is 5.51. The van der Waals surface area contributed by atoms with Crippen molar-refractivity contribution >= 4 is 10.0 Å². The molecule has 112 valence electrons. The summed E-state index contributed by atoms with van der Waals surface area (Å²) in [5, 5.41) is 0. The fraction of sp³-hybridized carbons (Fsp3) is 0.643. The van der Waals surface area contributed by atoms with Crippen LogP contribution in [0.5, 0.6) is 0 Å². The number of hydrogen-bond donors (Lipinski definition) is 2. The van der Waals surface area contributed by atoms with Gasteiger partial charge in [0.2, 0.25) is 10.0 Å². The van der Waals surface area contributed by atoms with Crippen LogP contribution in [0, 0.1) is 5.92 Å². The highest BCUT2D eigenvalue weighted by molar-refractivity contribution is 7.89. The fourth-order valence-electron chi connectivity index (χ4n) is 2.51. The van der Waals surface area contributed by atoms with E-state index in [9.17, 15) is 8.42 Å². The molecular formula is C14H23N3O2S. The predicted molar refractivity (Wildman–Crippen MR) is 79.7 cm³/mol. The first kappa shape index (κ1) is 15.4. The van der Waals surface area contributed by atoms with Gasteiger partial charge < -0.3 is 5.73 Å². The van der Waals surface area contributed by atoms with Crippen LogP contribution in [0.2, 0.25) is 0 Å². The van der Waals surface area contributed by atoms with Gasteiger partial charge in [0.15, 0.2) is 0 Å². The average molecular weight is 297 g/mol. The molecule has 1 aliphatic rings. The van der Waals surface area contributed by atoms with Crippen molar-refractivity contribution in [1.29, 1.82) is 0 Å². The van der Waals surface area contributed by atoms with E-state index in [1.807, 2.05) is 12.1 Å². The van der Waals surface area contributed by atoms with Gasteiger partial charge in [-0.3, -0.25) is 4.98 Å². The van der Waals surface area contributed by atoms with Gasteiger partial charge in [-0.1, -0.05) is 0 Å². The summed E-state index contributed by atoms with van der Waals surface area (Å²) in [5.74, 6) is 0.564. The van der Waals surface area contributed by atoms with Gasteiger partial charge in [-0.25, -0.2) is 13.1 Å². The number of rotatable bonds is 6. The number of sulfonamides is 1. The summed E-state index contributed by atoms with van der Waals surface area (Å²) < 4.78 is 26.6. The fourth-order valence-corrected chi connectivity index (χ4v) is 3.65. The van der Waals surface area contributed by atoms with Gasteiger partial charge in [0.25, 0.3) is 0 Å². The molecule has 0 aliphatic heterocycles. The third-order valence-corrected chi connectivity index (χ3v) is 5.24. The molecule has 1 saturated carbocycles. The molecule has 1 aliphatic carbocycles. The Bertz CT molecular complexity index is 496. The van der Waals surface area contributed by atoms with Gasteiger partial charge in [0.05, 0.1) is 5.75 Å². The molecule has 0 unspecified atom stereocenters. The van der Waals surface area contributed by atoms with Crippen LogP contribution in [0.4, 0.5) is 0 Å². The van der Waals surface area contributed by atoms with Crippen LogP contribution in [0.15, 0.2) is 24.5 Å². The molecule has 6 heteroatoms. The lowest BCUT2D eigenvalue weighted by molar-refractivity contribution is 0.326. The van der Waals surface area contributed by atoms with Crippen molar-refractivity contribution in [2.45, 2.75) is 38.1 Å². The van der Waals surface area contributed by atoms with E-state index in [-0.39, 0.29) is 5.75 Å². The smallest absolute Gasteiger partial charge is 0.211 e. The van der Waals surface area contributed by atoms with E-state index in [4.69, 9.17) is 5.73 Å². The second-order valence-corrected chi connectivity index (χ2v) is 7.48. The quantitative estimate of drug-likeness (QED) is 0.822. The van der Waals surface area contributed by atoms with Gasteiger partial charge >= 0.3 is 0 Å². The number of pyridine rings is 1. The molecule has 0 bridgehead atoms. The van der Waals surface area contributed by atoms with Crippen molar-refractivity contribution in [2.24, 2.45) is 11.7 Å². The van der Waals surface area contributed by atoms with Gasteiger partial charge in [-0.2, -0.15) is 0 Å². The van der Waals surface area contributed by atoms with Crippen LogP contribution in [0.1, 0.15) is 31.2 Å². The lowest BCUT2D eigenvalue weighted by atomic mass is 9.87. The molecule has 0 spiro atoms. The number of hydrogen-bond acceptors (Lipinski definition) is 4. The van der Waals surface area contributed by atoms with Crippen LogP contribution >= 0.6 is 0 Å². The van der Waals surface area contributed by atoms with Gasteiger partial charge in [-0.15, -0.1) is 0 Å². The molecule has 1 fully saturated rings. The Labute approximate surface area is 121 Å². The summed E-state index contributed by atoms with van der Waals surface area (Å²) in [7, 11) is -3.19. The molecule has 1 aromatic rings. The summed E-state index contributed by atoms with van der Waals surface area (Å²) in [6, 6.07) is 3.99. The van der Waals surface area contributed by atoms with E-state index in [1.165, 1.54) is 0 Å². The van der Waals surface area contributed by atoms with E-state index >= 15 is 0 Å². The van der Waals surface area contributed by atoms with Crippen LogP contribution in [-0.4, -0.2) is 31.7 Å². The van der Waals surface area contributed by atoms with Crippen LogP contribution in [0.25, 0.3) is 0 Å². The topological polar surface area (TPSA) is 85.1 Å². The number of aryl methyl sites for hydroxylation is 1. The summed E-state index contributed by atoms with van der Waals surface area (Å²) >= 11 is 0. The Hall–Kier alpha value is -0.980. The normalized spacial score (nSPS) is 23.6. The minimum absolute atomic E-state index is 0.128. The van der Waals surface area contributed by atoms with E-state index in [1.54, 1.807) is 12.4 Å². The zero-order valence-corrected chi connectivity index (χ0v) is 12.5. The van der Waals surface area contributed by atoms with Gasteiger partial charge in [0.1, 0.15) is 0 Å². The largest absolute Gasteiger partial charge is 0.328 e. The van der Waals surface area contributed by atoms with Crippen molar-refractivity contribution < 1.29 is 8.42 Å². The summed E-state index contributed by atoms with van der Waals surface area (Å²) in [6.07, 6.45) is 7.93. The highest BCUT2D eigenvalue weighted by atomic mass is 32.2. The van der Waals surface area contributed by atoms with E-state index in [0.717, 1.165) is 31.2 Å². The van der Waals surface area contributed by atoms with E-state index in [2.05, 4.69) is 9.71 Å². The number of nitrogens with two attached hydrogens (primary N) is 1. The van der Waals surface area contributed by atoms with Crippen molar-refractivity contribution in [3.8, 4) is 0 Å². The zero-order chi connectivity index (χ0) is 14.4. The van der Waals surface area contributed by atoms with Crippen LogP contribution < -0.4 is 10.5 Å². The highest BCUT2D eigenvalue weighted by Gasteiger charge is 2.20. The van der Waals surface area contributed by atoms with Crippen molar-refractivity contribution in [1.82, 2.24) is 9.71 Å². The van der Waals surface area contributed by atoms with Gasteiger partial charge in [-0.05, 0) is 55.7 Å². The van der Waals surface area contributed by atoms with Crippen LogP contribution in [0.3, 0.4) is 0 Å². The Morgan fingerprint density at radius 1 is 1.20 bits per heavy atom. The lowest BCUT2D eigenvalue weighted by Gasteiger charge is -2.26. The first-order valence-corrected chi connectivity index (χ1v) is 8.82. The molecule has 1 aromatic heterocycles. The molecule has 0 atom stereocenters. The standard InChI is InChI=1S/C14H23N3O2S/c15-14-3-1-13(2-4-14)11-17-20(18,19)10-7-12-5-8-16-9-6-12/h5-6,8-9,13-14,17H,1-4,7,10-11,15H2. The summed E-state index contributed by atoms with van der Waals surface area (Å²) in [5.41, 5.74) is 6.84. The molecule has 1 heterocycles. The van der Waals surface area contributed by atoms with Crippen molar-refractivity contribution in [3.05, 3.63) is 30.1 Å². The summed E-state index contributed by atoms with van der Waals surface area (Å²) in [6.45, 7) is 0.547. The molecule has 20 heavy (non-hydrogen) atoms. The SMILES string of the molecule is NC1CCC(CNS(=O)(=O)CCc2ccncc2)CC1. The second kappa shape index (κ2) is 7.15. The first-order chi connectivity index (χ1) is 9.55. The van der Waals surface area contributed by atoms with Crippen molar-refractivity contribution in [2.75, 3.05) is 12.3 Å². The second-order valence-electron chi connectivity index (χ2n) is 5.55. The third kappa shape index (κ3) is 5.19. The minimum Gasteiger partial charge on any atom is -0.328 e. The predicted octanol–water partition coefficient (Wildman–Crippen LogP) is 1.06. The van der Waals surface area contributed by atoms with Crippen molar-refractivity contribution in [3.63, 3.8) is 0 Å². The number of aromatic nitrogens is 1. The van der Waals surface area contributed by atoms with E-state index < -0.39 is 10.0 Å². The molecule has 5 nitrogen and oxygen atoms in total. The van der Waals surface area contributed by atoms with E-state index in [0.29, 0.717) is 24.9 Å². The third-order valence-electron chi connectivity index (χ3n) is 3.89. The molecular weight excluding hydrogens is 274 g/mol. The maximum absolute atomic E-state index is 12.0.